The van der Waals surface area contributed by atoms with Crippen molar-refractivity contribution in [1.29, 1.82) is 0 Å². The van der Waals surface area contributed by atoms with Gasteiger partial charge in [-0.25, -0.2) is 9.78 Å². The fourth-order valence-corrected chi connectivity index (χ4v) is 4.25. The number of ether oxygens (including phenoxy) is 3. The van der Waals surface area contributed by atoms with E-state index in [4.69, 9.17) is 14.2 Å². The van der Waals surface area contributed by atoms with Gasteiger partial charge in [-0.3, -0.25) is 4.79 Å². The molecule has 7 nitrogen and oxygen atoms in total. The Morgan fingerprint density at radius 1 is 0.970 bits per heavy atom. The van der Waals surface area contributed by atoms with Crippen LogP contribution >= 0.6 is 11.3 Å². The number of nitrogens with zero attached hydrogens (tertiary/aromatic N) is 1. The van der Waals surface area contributed by atoms with Gasteiger partial charge in [0.25, 0.3) is 5.91 Å². The average molecular weight is 463 g/mol. The molecule has 0 saturated carbocycles. The van der Waals surface area contributed by atoms with Crippen molar-refractivity contribution in [3.63, 3.8) is 0 Å². The zero-order valence-electron chi connectivity index (χ0n) is 18.3. The molecule has 33 heavy (non-hydrogen) atoms. The second-order valence-electron chi connectivity index (χ2n) is 7.14. The highest BCUT2D eigenvalue weighted by molar-refractivity contribution is 7.21. The van der Waals surface area contributed by atoms with Gasteiger partial charge >= 0.3 is 5.97 Å². The number of hydrogen-bond donors (Lipinski definition) is 1. The van der Waals surface area contributed by atoms with Crippen molar-refractivity contribution in [1.82, 2.24) is 4.98 Å². The molecule has 0 aliphatic rings. The van der Waals surface area contributed by atoms with Crippen LogP contribution in [0.4, 0.5) is 5.69 Å². The highest BCUT2D eigenvalue weighted by atomic mass is 32.1. The first-order valence-electron chi connectivity index (χ1n) is 10.2. The minimum Gasteiger partial charge on any atom is -0.497 e. The Hall–Kier alpha value is -3.91. The van der Waals surface area contributed by atoms with Crippen LogP contribution in [0.3, 0.4) is 0 Å². The summed E-state index contributed by atoms with van der Waals surface area (Å²) in [7, 11) is 3.04. The van der Waals surface area contributed by atoms with E-state index in [1.165, 1.54) is 25.4 Å². The van der Waals surface area contributed by atoms with Gasteiger partial charge in [-0.2, -0.15) is 0 Å². The summed E-state index contributed by atoms with van der Waals surface area (Å²) in [5.74, 6) is -0.0586. The minimum atomic E-state index is -1.03. The third kappa shape index (κ3) is 4.80. The predicted molar refractivity (Wildman–Crippen MR) is 128 cm³/mol. The SMILES string of the molecule is COc1ccc(NC(=O)C(C)OC(=O)c2ccccc2-c2nc3ccccc3s2)c(OC)c1. The van der Waals surface area contributed by atoms with Crippen LogP contribution in [0.2, 0.25) is 0 Å². The van der Waals surface area contributed by atoms with Crippen LogP contribution in [0.5, 0.6) is 11.5 Å². The summed E-state index contributed by atoms with van der Waals surface area (Å²) in [6.45, 7) is 1.52. The Kier molecular flexibility index (Phi) is 6.55. The molecule has 8 heteroatoms. The van der Waals surface area contributed by atoms with Crippen molar-refractivity contribution in [3.8, 4) is 22.1 Å². The molecule has 4 aromatic rings. The van der Waals surface area contributed by atoms with Gasteiger partial charge in [0.05, 0.1) is 35.7 Å². The average Bonchev–Trinajstić information content (AvgIpc) is 3.28. The van der Waals surface area contributed by atoms with Gasteiger partial charge in [0, 0.05) is 11.6 Å². The van der Waals surface area contributed by atoms with E-state index in [0.29, 0.717) is 33.3 Å². The topological polar surface area (TPSA) is 86.8 Å². The third-order valence-corrected chi connectivity index (χ3v) is 6.06. The molecule has 0 aliphatic carbocycles. The van der Waals surface area contributed by atoms with Crippen molar-refractivity contribution in [3.05, 3.63) is 72.3 Å². The van der Waals surface area contributed by atoms with Crippen molar-refractivity contribution < 1.29 is 23.8 Å². The highest BCUT2D eigenvalue weighted by Crippen LogP contribution is 2.33. The van der Waals surface area contributed by atoms with Crippen molar-refractivity contribution >= 4 is 39.1 Å². The maximum Gasteiger partial charge on any atom is 0.339 e. The quantitative estimate of drug-likeness (QED) is 0.382. The van der Waals surface area contributed by atoms with E-state index in [-0.39, 0.29) is 0 Å². The number of esters is 1. The van der Waals surface area contributed by atoms with Gasteiger partial charge in [0.2, 0.25) is 0 Å². The number of nitrogens with one attached hydrogen (secondary N) is 1. The number of carbonyl (C=O) groups is 2. The van der Waals surface area contributed by atoms with Gasteiger partial charge in [-0.1, -0.05) is 30.3 Å². The molecule has 3 aromatic carbocycles. The summed E-state index contributed by atoms with van der Waals surface area (Å²) in [5, 5.41) is 3.44. The molecule has 1 amide bonds. The lowest BCUT2D eigenvalue weighted by Crippen LogP contribution is -2.30. The molecule has 0 fully saturated rings. The van der Waals surface area contributed by atoms with Crippen LogP contribution < -0.4 is 14.8 Å². The number of fused-ring (bicyclic) bond motifs is 1. The summed E-state index contributed by atoms with van der Waals surface area (Å²) < 4.78 is 17.0. The number of rotatable bonds is 7. The smallest absolute Gasteiger partial charge is 0.339 e. The van der Waals surface area contributed by atoms with Gasteiger partial charge < -0.3 is 19.5 Å². The summed E-state index contributed by atoms with van der Waals surface area (Å²) >= 11 is 1.49. The molecule has 0 radical (unpaired) electrons. The number of para-hydroxylation sites is 1. The Labute approximate surface area is 194 Å². The lowest BCUT2D eigenvalue weighted by Gasteiger charge is -2.16. The number of methoxy groups -OCH3 is 2. The maximum atomic E-state index is 13.0. The molecule has 0 bridgehead atoms. The number of carbonyl (C=O) groups excluding carboxylic acids is 2. The highest BCUT2D eigenvalue weighted by Gasteiger charge is 2.23. The van der Waals surface area contributed by atoms with Crippen LogP contribution in [0.15, 0.2) is 66.7 Å². The van der Waals surface area contributed by atoms with E-state index < -0.39 is 18.0 Å². The van der Waals surface area contributed by atoms with Crippen molar-refractivity contribution in [2.24, 2.45) is 0 Å². The monoisotopic (exact) mass is 462 g/mol. The van der Waals surface area contributed by atoms with Crippen LogP contribution in [0.1, 0.15) is 17.3 Å². The summed E-state index contributed by atoms with van der Waals surface area (Å²) in [6, 6.07) is 19.9. The summed E-state index contributed by atoms with van der Waals surface area (Å²) in [6.07, 6.45) is -1.03. The van der Waals surface area contributed by atoms with Gasteiger partial charge in [-0.15, -0.1) is 11.3 Å². The van der Waals surface area contributed by atoms with E-state index >= 15 is 0 Å². The molecule has 4 rings (SSSR count). The Morgan fingerprint density at radius 2 is 1.73 bits per heavy atom. The Balaban J connectivity index is 1.51. The van der Waals surface area contributed by atoms with Crippen LogP contribution in [-0.2, 0) is 9.53 Å². The predicted octanol–water partition coefficient (Wildman–Crippen LogP) is 5.16. The van der Waals surface area contributed by atoms with E-state index in [0.717, 1.165) is 10.2 Å². The zero-order valence-corrected chi connectivity index (χ0v) is 19.1. The zero-order chi connectivity index (χ0) is 23.4. The van der Waals surface area contributed by atoms with Crippen molar-refractivity contribution in [2.45, 2.75) is 13.0 Å². The molecular weight excluding hydrogens is 440 g/mol. The first kappa shape index (κ1) is 22.3. The molecule has 1 atom stereocenters. The molecule has 0 saturated heterocycles. The summed E-state index contributed by atoms with van der Waals surface area (Å²) in [5.41, 5.74) is 2.31. The normalized spacial score (nSPS) is 11.6. The molecule has 0 aliphatic heterocycles. The number of anilines is 1. The fourth-order valence-electron chi connectivity index (χ4n) is 3.25. The number of thiazole rings is 1. The number of benzene rings is 3. The largest absolute Gasteiger partial charge is 0.497 e. The molecule has 1 N–H and O–H groups in total. The van der Waals surface area contributed by atoms with Crippen LogP contribution in [-0.4, -0.2) is 37.2 Å². The van der Waals surface area contributed by atoms with Gasteiger partial charge in [0.15, 0.2) is 6.10 Å². The van der Waals surface area contributed by atoms with E-state index in [2.05, 4.69) is 10.3 Å². The van der Waals surface area contributed by atoms with E-state index in [1.807, 2.05) is 36.4 Å². The molecule has 0 spiro atoms. The molecule has 1 heterocycles. The second kappa shape index (κ2) is 9.70. The Morgan fingerprint density at radius 3 is 2.48 bits per heavy atom. The van der Waals surface area contributed by atoms with Crippen LogP contribution in [0, 0.1) is 0 Å². The van der Waals surface area contributed by atoms with Gasteiger partial charge in [-0.05, 0) is 37.3 Å². The molecular formula is C25H22N2O5S. The molecule has 1 aromatic heterocycles. The Bertz CT molecular complexity index is 1280. The number of aromatic nitrogens is 1. The maximum absolute atomic E-state index is 13.0. The molecule has 1 unspecified atom stereocenters. The minimum absolute atomic E-state index is 0.346. The third-order valence-electron chi connectivity index (χ3n) is 4.99. The lowest BCUT2D eigenvalue weighted by molar-refractivity contribution is -0.123. The summed E-state index contributed by atoms with van der Waals surface area (Å²) in [4.78, 5) is 30.3. The molecule has 168 valence electrons. The number of hydrogen-bond acceptors (Lipinski definition) is 7. The first-order valence-corrected chi connectivity index (χ1v) is 11.0. The first-order chi connectivity index (χ1) is 16.0. The second-order valence-corrected chi connectivity index (χ2v) is 8.17. The fraction of sp³-hybridized carbons (Fsp3) is 0.160. The standard InChI is InChI=1S/C25H22N2O5S/c1-15(23(28)26-19-13-12-16(30-2)14-21(19)31-3)32-25(29)18-9-5-4-8-17(18)24-27-20-10-6-7-11-22(20)33-24/h4-15H,1-3H3,(H,26,28). The van der Waals surface area contributed by atoms with E-state index in [1.54, 1.807) is 37.4 Å². The van der Waals surface area contributed by atoms with Crippen molar-refractivity contribution in [2.75, 3.05) is 19.5 Å². The number of amides is 1. The van der Waals surface area contributed by atoms with E-state index in [9.17, 15) is 9.59 Å². The lowest BCUT2D eigenvalue weighted by atomic mass is 10.1. The van der Waals surface area contributed by atoms with Gasteiger partial charge in [0.1, 0.15) is 16.5 Å². The van der Waals surface area contributed by atoms with Crippen LogP contribution in [0.25, 0.3) is 20.8 Å².